The van der Waals surface area contributed by atoms with E-state index in [9.17, 15) is 9.59 Å². The zero-order chi connectivity index (χ0) is 15.8. The number of para-hydroxylation sites is 1. The average molecular weight is 301 g/mol. The van der Waals surface area contributed by atoms with Gasteiger partial charge in [0, 0.05) is 12.5 Å². The van der Waals surface area contributed by atoms with Crippen LogP contribution in [0.2, 0.25) is 0 Å². The lowest BCUT2D eigenvalue weighted by molar-refractivity contribution is -0.116. The molecule has 5 nitrogen and oxygen atoms in total. The fourth-order valence-electron chi connectivity index (χ4n) is 2.33. The zero-order valence-electron chi connectivity index (χ0n) is 13.0. The number of hydrogen-bond donors (Lipinski definition) is 2. The van der Waals surface area contributed by atoms with Crippen LogP contribution in [0.3, 0.4) is 0 Å². The minimum absolute atomic E-state index is 0.0574. The van der Waals surface area contributed by atoms with Crippen molar-refractivity contribution in [2.45, 2.75) is 45.4 Å². The number of benzene rings is 1. The Bertz CT molecular complexity index is 643. The number of anilines is 1. The largest absolute Gasteiger partial charge is 0.311 e. The normalized spacial score (nSPS) is 10.6. The first-order valence-electron chi connectivity index (χ1n) is 7.88. The van der Waals surface area contributed by atoms with E-state index in [2.05, 4.69) is 17.3 Å². The number of H-pyrrole nitrogens is 1. The summed E-state index contributed by atoms with van der Waals surface area (Å²) >= 11 is 0. The number of carbonyl (C=O) groups is 1. The number of amides is 1. The summed E-state index contributed by atoms with van der Waals surface area (Å²) in [6.07, 6.45) is 6.03. The second-order valence-electron chi connectivity index (χ2n) is 5.39. The maximum absolute atomic E-state index is 11.9. The summed E-state index contributed by atoms with van der Waals surface area (Å²) in [5.74, 6) is 0.380. The van der Waals surface area contributed by atoms with Crippen LogP contribution in [0.5, 0.6) is 0 Å². The number of unbranched alkanes of at least 4 members (excludes halogenated alkanes) is 4. The van der Waals surface area contributed by atoms with Crippen molar-refractivity contribution in [3.05, 3.63) is 46.8 Å². The average Bonchev–Trinajstić information content (AvgIpc) is 2.88. The molecular weight excluding hydrogens is 278 g/mol. The third-order valence-corrected chi connectivity index (χ3v) is 3.52. The predicted molar refractivity (Wildman–Crippen MR) is 88.4 cm³/mol. The van der Waals surface area contributed by atoms with Crippen molar-refractivity contribution in [3.63, 3.8) is 0 Å². The van der Waals surface area contributed by atoms with Gasteiger partial charge < -0.3 is 5.32 Å². The molecule has 0 spiro atoms. The third-order valence-electron chi connectivity index (χ3n) is 3.52. The van der Waals surface area contributed by atoms with Gasteiger partial charge >= 0.3 is 0 Å². The molecule has 0 saturated carbocycles. The van der Waals surface area contributed by atoms with E-state index in [-0.39, 0.29) is 11.5 Å². The van der Waals surface area contributed by atoms with Crippen molar-refractivity contribution in [1.29, 1.82) is 0 Å². The Morgan fingerprint density at radius 3 is 2.59 bits per heavy atom. The first-order chi connectivity index (χ1) is 10.7. The molecule has 0 bridgehead atoms. The highest BCUT2D eigenvalue weighted by molar-refractivity contribution is 5.89. The quantitative estimate of drug-likeness (QED) is 0.733. The van der Waals surface area contributed by atoms with Gasteiger partial charge in [-0.05, 0) is 18.6 Å². The van der Waals surface area contributed by atoms with Gasteiger partial charge in [0.05, 0.1) is 5.69 Å². The van der Waals surface area contributed by atoms with Crippen molar-refractivity contribution in [1.82, 2.24) is 9.78 Å². The molecule has 2 rings (SSSR count). The second kappa shape index (κ2) is 8.22. The lowest BCUT2D eigenvalue weighted by atomic mass is 10.1. The highest BCUT2D eigenvalue weighted by Crippen LogP contribution is 2.08. The summed E-state index contributed by atoms with van der Waals surface area (Å²) in [5, 5.41) is 5.66. The topological polar surface area (TPSA) is 66.9 Å². The van der Waals surface area contributed by atoms with Crippen LogP contribution >= 0.6 is 0 Å². The van der Waals surface area contributed by atoms with Crippen molar-refractivity contribution in [2.75, 3.05) is 5.32 Å². The number of nitrogens with zero attached hydrogens (tertiary/aromatic N) is 1. The van der Waals surface area contributed by atoms with E-state index in [0.29, 0.717) is 12.2 Å². The molecule has 5 heteroatoms. The van der Waals surface area contributed by atoms with Crippen molar-refractivity contribution < 1.29 is 4.79 Å². The Balaban J connectivity index is 1.89. The summed E-state index contributed by atoms with van der Waals surface area (Å²) < 4.78 is 1.41. The van der Waals surface area contributed by atoms with Crippen molar-refractivity contribution >= 4 is 11.7 Å². The fraction of sp³-hybridized carbons (Fsp3) is 0.412. The van der Waals surface area contributed by atoms with Crippen LogP contribution in [0.4, 0.5) is 5.82 Å². The molecule has 1 aromatic carbocycles. The third kappa shape index (κ3) is 4.62. The minimum atomic E-state index is -0.190. The Morgan fingerprint density at radius 2 is 1.86 bits per heavy atom. The molecule has 1 heterocycles. The van der Waals surface area contributed by atoms with Crippen LogP contribution in [-0.4, -0.2) is 15.7 Å². The van der Waals surface area contributed by atoms with Crippen LogP contribution in [0, 0.1) is 0 Å². The molecule has 2 N–H and O–H groups in total. The zero-order valence-corrected chi connectivity index (χ0v) is 13.0. The van der Waals surface area contributed by atoms with E-state index in [1.165, 1.54) is 30.0 Å². The predicted octanol–water partition coefficient (Wildman–Crippen LogP) is 3.46. The van der Waals surface area contributed by atoms with Crippen LogP contribution in [0.25, 0.3) is 5.69 Å². The number of carbonyl (C=O) groups excluding carboxylic acids is 1. The lowest BCUT2D eigenvalue weighted by Crippen LogP contribution is -2.13. The van der Waals surface area contributed by atoms with Gasteiger partial charge in [-0.2, -0.15) is 0 Å². The Labute approximate surface area is 130 Å². The SMILES string of the molecule is CCCCCCCC(=O)Nc1cc(=O)n(-c2ccccc2)[nH]1. The number of aromatic nitrogens is 2. The minimum Gasteiger partial charge on any atom is -0.311 e. The van der Waals surface area contributed by atoms with Gasteiger partial charge in [-0.25, -0.2) is 4.68 Å². The van der Waals surface area contributed by atoms with E-state index >= 15 is 0 Å². The highest BCUT2D eigenvalue weighted by atomic mass is 16.2. The molecule has 22 heavy (non-hydrogen) atoms. The van der Waals surface area contributed by atoms with Gasteiger partial charge in [-0.15, -0.1) is 0 Å². The molecular formula is C17H23N3O2. The summed E-state index contributed by atoms with van der Waals surface area (Å²) in [5.41, 5.74) is 0.553. The first kappa shape index (κ1) is 16.1. The molecule has 118 valence electrons. The van der Waals surface area contributed by atoms with E-state index in [1.807, 2.05) is 30.3 Å². The summed E-state index contributed by atoms with van der Waals surface area (Å²) in [6.45, 7) is 2.17. The molecule has 0 atom stereocenters. The van der Waals surface area contributed by atoms with E-state index < -0.39 is 0 Å². The molecule has 2 aromatic rings. The molecule has 0 aliphatic carbocycles. The summed E-state index contributed by atoms with van der Waals surface area (Å²) in [7, 11) is 0. The van der Waals surface area contributed by atoms with Gasteiger partial charge in [0.2, 0.25) is 5.91 Å². The van der Waals surface area contributed by atoms with Crippen LogP contribution in [0.15, 0.2) is 41.2 Å². The molecule has 0 saturated heterocycles. The monoisotopic (exact) mass is 301 g/mol. The van der Waals surface area contributed by atoms with Gasteiger partial charge in [-0.3, -0.25) is 14.7 Å². The fourth-order valence-corrected chi connectivity index (χ4v) is 2.33. The number of aromatic amines is 1. The maximum atomic E-state index is 11.9. The molecule has 0 fully saturated rings. The Hall–Kier alpha value is -2.30. The molecule has 0 aliphatic heterocycles. The van der Waals surface area contributed by atoms with Crippen LogP contribution in [0.1, 0.15) is 45.4 Å². The van der Waals surface area contributed by atoms with Gasteiger partial charge in [0.15, 0.2) is 0 Å². The van der Waals surface area contributed by atoms with E-state index in [4.69, 9.17) is 0 Å². The maximum Gasteiger partial charge on any atom is 0.273 e. The molecule has 1 aromatic heterocycles. The van der Waals surface area contributed by atoms with Crippen LogP contribution < -0.4 is 10.9 Å². The van der Waals surface area contributed by atoms with E-state index in [0.717, 1.165) is 18.5 Å². The number of rotatable bonds is 8. The Kier molecular flexibility index (Phi) is 6.01. The Morgan fingerprint density at radius 1 is 1.14 bits per heavy atom. The molecule has 0 unspecified atom stereocenters. The van der Waals surface area contributed by atoms with Gasteiger partial charge in [0.25, 0.3) is 5.56 Å². The second-order valence-corrected chi connectivity index (χ2v) is 5.39. The molecule has 0 aliphatic rings. The standard InChI is InChI=1S/C17H23N3O2/c1-2-3-4-5-9-12-16(21)18-15-13-17(22)20(19-15)14-10-7-6-8-11-14/h6-8,10-11,13,19H,2-5,9,12H2,1H3,(H,18,21). The van der Waals surface area contributed by atoms with Crippen molar-refractivity contribution in [2.24, 2.45) is 0 Å². The molecule has 0 radical (unpaired) electrons. The van der Waals surface area contributed by atoms with E-state index in [1.54, 1.807) is 0 Å². The van der Waals surface area contributed by atoms with Crippen molar-refractivity contribution in [3.8, 4) is 5.69 Å². The highest BCUT2D eigenvalue weighted by Gasteiger charge is 2.07. The van der Waals surface area contributed by atoms with Gasteiger partial charge in [-0.1, -0.05) is 50.8 Å². The van der Waals surface area contributed by atoms with Crippen LogP contribution in [-0.2, 0) is 4.79 Å². The van der Waals surface area contributed by atoms with Gasteiger partial charge in [0.1, 0.15) is 5.82 Å². The summed E-state index contributed by atoms with van der Waals surface area (Å²) in [4.78, 5) is 23.8. The number of hydrogen-bond acceptors (Lipinski definition) is 2. The smallest absolute Gasteiger partial charge is 0.273 e. The number of nitrogens with one attached hydrogen (secondary N) is 2. The first-order valence-corrected chi connectivity index (χ1v) is 7.88. The molecule has 1 amide bonds. The summed E-state index contributed by atoms with van der Waals surface area (Å²) in [6, 6.07) is 10.7. The lowest BCUT2D eigenvalue weighted by Gasteiger charge is -2.04.